The number of fused-ring (bicyclic) bond motifs is 2. The molecule has 1 amide bonds. The summed E-state index contributed by atoms with van der Waals surface area (Å²) >= 11 is 0. The second kappa shape index (κ2) is 5.08. The fourth-order valence-electron chi connectivity index (χ4n) is 4.06. The summed E-state index contributed by atoms with van der Waals surface area (Å²) in [4.78, 5) is 27.0. The van der Waals surface area contributed by atoms with Gasteiger partial charge in [0.1, 0.15) is 5.56 Å². The number of rotatable bonds is 3. The highest BCUT2D eigenvalue weighted by Crippen LogP contribution is 2.61. The summed E-state index contributed by atoms with van der Waals surface area (Å²) in [6.45, 7) is 2.44. The van der Waals surface area contributed by atoms with Crippen molar-refractivity contribution in [2.45, 2.75) is 31.6 Å². The molecule has 4 heteroatoms. The third kappa shape index (κ3) is 2.29. The molecule has 2 unspecified atom stereocenters. The molecule has 1 spiro atoms. The van der Waals surface area contributed by atoms with E-state index in [1.54, 1.807) is 6.92 Å². The van der Waals surface area contributed by atoms with Crippen LogP contribution in [0.1, 0.15) is 40.0 Å². The summed E-state index contributed by atoms with van der Waals surface area (Å²) in [5, 5.41) is 2.94. The lowest BCUT2D eigenvalue weighted by molar-refractivity contribution is 0.0949. The number of pyridine rings is 1. The topological polar surface area (TPSA) is 62.0 Å². The zero-order chi connectivity index (χ0) is 16.0. The normalized spacial score (nSPS) is 24.5. The van der Waals surface area contributed by atoms with E-state index in [2.05, 4.69) is 34.6 Å². The minimum Gasteiger partial charge on any atom is -0.364 e. The van der Waals surface area contributed by atoms with Crippen LogP contribution in [0.4, 0.5) is 0 Å². The van der Waals surface area contributed by atoms with Crippen molar-refractivity contribution in [3.63, 3.8) is 0 Å². The SMILES string of the molecule is Cc1cc(=O)c(C(=O)NCC2CC23CCc2ccccc23)c[nH]1. The molecule has 1 heterocycles. The number of aromatic nitrogens is 1. The van der Waals surface area contributed by atoms with E-state index in [9.17, 15) is 9.59 Å². The first-order valence-corrected chi connectivity index (χ1v) is 8.16. The smallest absolute Gasteiger partial charge is 0.256 e. The van der Waals surface area contributed by atoms with Gasteiger partial charge in [0, 0.05) is 29.9 Å². The number of benzene rings is 1. The third-order valence-corrected chi connectivity index (χ3v) is 5.44. The zero-order valence-corrected chi connectivity index (χ0v) is 13.2. The minimum absolute atomic E-state index is 0.192. The van der Waals surface area contributed by atoms with E-state index in [4.69, 9.17) is 0 Å². The number of H-pyrrole nitrogens is 1. The standard InChI is InChI=1S/C19H20N2O2/c1-12-8-17(22)15(11-20-12)18(23)21-10-14-9-19(14)7-6-13-4-2-3-5-16(13)19/h2-5,8,11,14H,6-7,9-10H2,1H3,(H,20,22)(H,21,23). The molecular weight excluding hydrogens is 288 g/mol. The van der Waals surface area contributed by atoms with E-state index < -0.39 is 0 Å². The molecular formula is C19H20N2O2. The summed E-state index contributed by atoms with van der Waals surface area (Å²) < 4.78 is 0. The summed E-state index contributed by atoms with van der Waals surface area (Å²) in [7, 11) is 0. The molecule has 0 bridgehead atoms. The number of aromatic amines is 1. The van der Waals surface area contributed by atoms with E-state index in [-0.39, 0.29) is 22.3 Å². The maximum atomic E-state index is 12.2. The maximum Gasteiger partial charge on any atom is 0.256 e. The van der Waals surface area contributed by atoms with Crippen molar-refractivity contribution in [2.75, 3.05) is 6.54 Å². The molecule has 2 atom stereocenters. The maximum absolute atomic E-state index is 12.2. The van der Waals surface area contributed by atoms with Gasteiger partial charge in [-0.15, -0.1) is 0 Å². The Kier molecular flexibility index (Phi) is 3.15. The van der Waals surface area contributed by atoms with Crippen LogP contribution >= 0.6 is 0 Å². The molecule has 0 saturated heterocycles. The van der Waals surface area contributed by atoms with Gasteiger partial charge in [0.2, 0.25) is 0 Å². The third-order valence-electron chi connectivity index (χ3n) is 5.44. The predicted octanol–water partition coefficient (Wildman–Crippen LogP) is 2.32. The van der Waals surface area contributed by atoms with Crippen LogP contribution in [0, 0.1) is 12.8 Å². The van der Waals surface area contributed by atoms with Crippen LogP contribution in [0.2, 0.25) is 0 Å². The Bertz CT molecular complexity index is 839. The highest BCUT2D eigenvalue weighted by molar-refractivity contribution is 5.93. The molecule has 0 aliphatic heterocycles. The molecule has 1 saturated carbocycles. The highest BCUT2D eigenvalue weighted by Gasteiger charge is 2.57. The van der Waals surface area contributed by atoms with Gasteiger partial charge in [-0.25, -0.2) is 0 Å². The molecule has 0 radical (unpaired) electrons. The van der Waals surface area contributed by atoms with Gasteiger partial charge in [0.25, 0.3) is 5.91 Å². The van der Waals surface area contributed by atoms with Gasteiger partial charge >= 0.3 is 0 Å². The molecule has 1 aromatic carbocycles. The van der Waals surface area contributed by atoms with Crippen molar-refractivity contribution < 1.29 is 4.79 Å². The lowest BCUT2D eigenvalue weighted by Crippen LogP contribution is -2.31. The van der Waals surface area contributed by atoms with Gasteiger partial charge in [-0.2, -0.15) is 0 Å². The van der Waals surface area contributed by atoms with Crippen molar-refractivity contribution >= 4 is 5.91 Å². The molecule has 118 valence electrons. The van der Waals surface area contributed by atoms with Gasteiger partial charge in [0.15, 0.2) is 5.43 Å². The Labute approximate surface area is 134 Å². The van der Waals surface area contributed by atoms with Gasteiger partial charge in [0.05, 0.1) is 0 Å². The number of carbonyl (C=O) groups is 1. The number of aryl methyl sites for hydroxylation is 2. The van der Waals surface area contributed by atoms with Crippen molar-refractivity contribution in [3.05, 3.63) is 69.1 Å². The Balaban J connectivity index is 1.44. The van der Waals surface area contributed by atoms with E-state index in [1.165, 1.54) is 29.8 Å². The molecule has 23 heavy (non-hydrogen) atoms. The summed E-state index contributed by atoms with van der Waals surface area (Å²) in [5.74, 6) is 0.208. The minimum atomic E-state index is -0.278. The summed E-state index contributed by atoms with van der Waals surface area (Å²) in [6.07, 6.45) is 4.95. The first-order chi connectivity index (χ1) is 11.1. The van der Waals surface area contributed by atoms with Crippen molar-refractivity contribution in [1.29, 1.82) is 0 Å². The van der Waals surface area contributed by atoms with Gasteiger partial charge in [-0.3, -0.25) is 9.59 Å². The molecule has 1 aromatic heterocycles. The molecule has 4 nitrogen and oxygen atoms in total. The van der Waals surface area contributed by atoms with Crippen LogP contribution in [0.25, 0.3) is 0 Å². The molecule has 2 aliphatic carbocycles. The number of amides is 1. The lowest BCUT2D eigenvalue weighted by atomic mass is 9.95. The average Bonchev–Trinajstić information content (AvgIpc) is 3.12. The largest absolute Gasteiger partial charge is 0.364 e. The summed E-state index contributed by atoms with van der Waals surface area (Å²) in [6, 6.07) is 10.1. The van der Waals surface area contributed by atoms with Gasteiger partial charge < -0.3 is 10.3 Å². The molecule has 1 fully saturated rings. The second-order valence-corrected chi connectivity index (χ2v) is 6.82. The monoisotopic (exact) mass is 308 g/mol. The summed E-state index contributed by atoms with van der Waals surface area (Å²) in [5.41, 5.74) is 3.91. The number of hydrogen-bond acceptors (Lipinski definition) is 2. The molecule has 2 aliphatic rings. The number of hydrogen-bond donors (Lipinski definition) is 2. The van der Waals surface area contributed by atoms with E-state index in [0.29, 0.717) is 12.5 Å². The van der Waals surface area contributed by atoms with E-state index in [1.807, 2.05) is 0 Å². The van der Waals surface area contributed by atoms with E-state index >= 15 is 0 Å². The fraction of sp³-hybridized carbons (Fsp3) is 0.368. The molecule has 4 rings (SSSR count). The van der Waals surface area contributed by atoms with Gasteiger partial charge in [-0.1, -0.05) is 24.3 Å². The Morgan fingerprint density at radius 2 is 2.22 bits per heavy atom. The van der Waals surface area contributed by atoms with Crippen LogP contribution in [-0.4, -0.2) is 17.4 Å². The number of carbonyl (C=O) groups excluding carboxylic acids is 1. The first-order valence-electron chi connectivity index (χ1n) is 8.16. The van der Waals surface area contributed by atoms with Crippen LogP contribution in [0.3, 0.4) is 0 Å². The lowest BCUT2D eigenvalue weighted by Gasteiger charge is -2.12. The quantitative estimate of drug-likeness (QED) is 0.914. The van der Waals surface area contributed by atoms with Crippen LogP contribution in [0.5, 0.6) is 0 Å². The van der Waals surface area contributed by atoms with Crippen molar-refractivity contribution in [1.82, 2.24) is 10.3 Å². The Morgan fingerprint density at radius 3 is 3.04 bits per heavy atom. The second-order valence-electron chi connectivity index (χ2n) is 6.82. The van der Waals surface area contributed by atoms with Crippen molar-refractivity contribution in [2.24, 2.45) is 5.92 Å². The predicted molar refractivity (Wildman–Crippen MR) is 88.7 cm³/mol. The Morgan fingerprint density at radius 1 is 1.39 bits per heavy atom. The Hall–Kier alpha value is -2.36. The van der Waals surface area contributed by atoms with Crippen LogP contribution < -0.4 is 10.7 Å². The average molecular weight is 308 g/mol. The van der Waals surface area contributed by atoms with E-state index in [0.717, 1.165) is 18.5 Å². The first kappa shape index (κ1) is 14.2. The van der Waals surface area contributed by atoms with Gasteiger partial charge in [-0.05, 0) is 43.2 Å². The van der Waals surface area contributed by atoms with Crippen LogP contribution in [0.15, 0.2) is 41.3 Å². The molecule has 2 aromatic rings. The van der Waals surface area contributed by atoms with Crippen LogP contribution in [-0.2, 0) is 11.8 Å². The zero-order valence-electron chi connectivity index (χ0n) is 13.2. The number of nitrogens with one attached hydrogen (secondary N) is 2. The highest BCUT2D eigenvalue weighted by atomic mass is 16.2. The fourth-order valence-corrected chi connectivity index (χ4v) is 4.06. The molecule has 2 N–H and O–H groups in total. The van der Waals surface area contributed by atoms with Crippen molar-refractivity contribution in [3.8, 4) is 0 Å².